The Hall–Kier alpha value is -2.28. The smallest absolute Gasteiger partial charge is 0.321 e. The topological polar surface area (TPSA) is 81.8 Å². The van der Waals surface area contributed by atoms with Gasteiger partial charge in [-0.25, -0.2) is 4.79 Å². The van der Waals surface area contributed by atoms with Crippen LogP contribution < -0.4 is 10.6 Å². The van der Waals surface area contributed by atoms with E-state index in [1.165, 1.54) is 0 Å². The second-order valence-electron chi connectivity index (χ2n) is 6.91. The number of benzene rings is 1. The minimum atomic E-state index is -0.985. The van der Waals surface area contributed by atoms with Crippen molar-refractivity contribution in [1.82, 2.24) is 15.1 Å². The van der Waals surface area contributed by atoms with Crippen LogP contribution in [0.2, 0.25) is 5.02 Å². The summed E-state index contributed by atoms with van der Waals surface area (Å²) in [5.41, 5.74) is -0.312. The molecule has 140 valence electrons. The Morgan fingerprint density at radius 3 is 2.42 bits per heavy atom. The zero-order chi connectivity index (χ0) is 18.7. The summed E-state index contributed by atoms with van der Waals surface area (Å²) in [5, 5.41) is 6.18. The quantitative estimate of drug-likeness (QED) is 0.771. The van der Waals surface area contributed by atoms with Crippen molar-refractivity contribution in [1.29, 1.82) is 0 Å². The summed E-state index contributed by atoms with van der Waals surface area (Å²) >= 11 is 5.85. The Morgan fingerprint density at radius 2 is 1.77 bits per heavy atom. The van der Waals surface area contributed by atoms with Crippen molar-refractivity contribution in [3.05, 3.63) is 29.3 Å². The fraction of sp³-hybridized carbons (Fsp3) is 0.500. The first-order chi connectivity index (χ1) is 12.4. The molecule has 1 aromatic rings. The number of hydrogen-bond donors (Lipinski definition) is 2. The van der Waals surface area contributed by atoms with Crippen LogP contribution in [0.15, 0.2) is 24.3 Å². The Bertz CT molecular complexity index is 709. The van der Waals surface area contributed by atoms with Gasteiger partial charge in [0.1, 0.15) is 5.41 Å². The molecule has 0 radical (unpaired) electrons. The molecule has 2 N–H and O–H groups in total. The van der Waals surface area contributed by atoms with Crippen LogP contribution in [-0.4, -0.2) is 60.4 Å². The molecule has 0 aromatic heterocycles. The van der Waals surface area contributed by atoms with E-state index in [0.717, 1.165) is 0 Å². The molecule has 3 rings (SSSR count). The molecule has 26 heavy (non-hydrogen) atoms. The second-order valence-corrected chi connectivity index (χ2v) is 7.34. The summed E-state index contributed by atoms with van der Waals surface area (Å²) in [6.07, 6.45) is 1.19. The third-order valence-corrected chi connectivity index (χ3v) is 5.30. The van der Waals surface area contributed by atoms with Gasteiger partial charge in [-0.05, 0) is 44.0 Å². The van der Waals surface area contributed by atoms with Gasteiger partial charge in [-0.2, -0.15) is 0 Å². The molecule has 1 unspecified atom stereocenters. The fourth-order valence-corrected chi connectivity index (χ4v) is 3.47. The van der Waals surface area contributed by atoms with Gasteiger partial charge < -0.3 is 20.4 Å². The highest BCUT2D eigenvalue weighted by Crippen LogP contribution is 2.29. The minimum Gasteiger partial charge on any atom is -0.355 e. The number of urea groups is 1. The van der Waals surface area contributed by atoms with Gasteiger partial charge in [0.05, 0.1) is 0 Å². The second kappa shape index (κ2) is 7.53. The van der Waals surface area contributed by atoms with E-state index in [2.05, 4.69) is 10.6 Å². The third-order valence-electron chi connectivity index (χ3n) is 5.05. The van der Waals surface area contributed by atoms with Crippen LogP contribution in [0.5, 0.6) is 0 Å². The molecule has 4 amide bonds. The molecular weight excluding hydrogens is 356 g/mol. The molecule has 2 heterocycles. The molecule has 1 aromatic carbocycles. The lowest BCUT2D eigenvalue weighted by Crippen LogP contribution is -2.47. The van der Waals surface area contributed by atoms with E-state index in [9.17, 15) is 14.4 Å². The van der Waals surface area contributed by atoms with Gasteiger partial charge in [-0.1, -0.05) is 11.6 Å². The number of rotatable bonds is 2. The van der Waals surface area contributed by atoms with E-state index in [-0.39, 0.29) is 17.8 Å². The van der Waals surface area contributed by atoms with E-state index in [1.54, 1.807) is 41.0 Å². The fourth-order valence-electron chi connectivity index (χ4n) is 3.35. The molecule has 0 spiro atoms. The summed E-state index contributed by atoms with van der Waals surface area (Å²) < 4.78 is 0. The van der Waals surface area contributed by atoms with Crippen LogP contribution in [0.25, 0.3) is 0 Å². The normalized spacial score (nSPS) is 23.4. The minimum absolute atomic E-state index is 0.146. The largest absolute Gasteiger partial charge is 0.355 e. The zero-order valence-electron chi connectivity index (χ0n) is 14.8. The zero-order valence-corrected chi connectivity index (χ0v) is 15.5. The highest BCUT2D eigenvalue weighted by Gasteiger charge is 2.46. The predicted octanol–water partition coefficient (Wildman–Crippen LogP) is 1.93. The molecule has 0 saturated carbocycles. The molecule has 2 fully saturated rings. The molecule has 8 heteroatoms. The van der Waals surface area contributed by atoms with Crippen molar-refractivity contribution in [3.8, 4) is 0 Å². The first-order valence-electron chi connectivity index (χ1n) is 8.79. The number of amides is 4. The highest BCUT2D eigenvalue weighted by atomic mass is 35.5. The summed E-state index contributed by atoms with van der Waals surface area (Å²) in [6.45, 7) is 4.20. The van der Waals surface area contributed by atoms with Crippen LogP contribution in [0.1, 0.15) is 19.8 Å². The molecule has 0 aliphatic carbocycles. The van der Waals surface area contributed by atoms with Gasteiger partial charge in [0.15, 0.2) is 0 Å². The van der Waals surface area contributed by atoms with Crippen LogP contribution >= 0.6 is 11.6 Å². The standard InChI is InChI=1S/C18H23ClN4O3/c1-18(7-8-20-15(18)24)16(25)22-9-2-10-23(12-11-22)17(26)21-14-5-3-13(19)4-6-14/h3-6H,2,7-12H2,1H3,(H,20,24)(H,21,26). The highest BCUT2D eigenvalue weighted by molar-refractivity contribution is 6.30. The Labute approximate surface area is 157 Å². The van der Waals surface area contributed by atoms with Gasteiger partial charge in [-0.3, -0.25) is 9.59 Å². The molecule has 7 nitrogen and oxygen atoms in total. The van der Waals surface area contributed by atoms with Crippen LogP contribution in [0.4, 0.5) is 10.5 Å². The number of nitrogens with one attached hydrogen (secondary N) is 2. The number of anilines is 1. The molecular formula is C18H23ClN4O3. The van der Waals surface area contributed by atoms with Crippen LogP contribution in [0, 0.1) is 5.41 Å². The average Bonchev–Trinajstić information content (AvgIpc) is 2.84. The first-order valence-corrected chi connectivity index (χ1v) is 9.17. The maximum atomic E-state index is 12.8. The maximum absolute atomic E-state index is 12.8. The van der Waals surface area contributed by atoms with E-state index in [0.29, 0.717) is 56.3 Å². The monoisotopic (exact) mass is 378 g/mol. The van der Waals surface area contributed by atoms with Gasteiger partial charge >= 0.3 is 6.03 Å². The Morgan fingerprint density at radius 1 is 1.12 bits per heavy atom. The summed E-state index contributed by atoms with van der Waals surface area (Å²) in [4.78, 5) is 40.7. The van der Waals surface area contributed by atoms with E-state index in [1.807, 2.05) is 0 Å². The molecule has 2 aliphatic rings. The number of nitrogens with zero attached hydrogens (tertiary/aromatic N) is 2. The number of carbonyl (C=O) groups is 3. The van der Waals surface area contributed by atoms with E-state index < -0.39 is 5.41 Å². The summed E-state index contributed by atoms with van der Waals surface area (Å²) in [5.74, 6) is -0.350. The van der Waals surface area contributed by atoms with Crippen LogP contribution in [0.3, 0.4) is 0 Å². The summed E-state index contributed by atoms with van der Waals surface area (Å²) in [7, 11) is 0. The van der Waals surface area contributed by atoms with Crippen molar-refractivity contribution in [2.75, 3.05) is 38.0 Å². The molecule has 2 saturated heterocycles. The molecule has 1 atom stereocenters. The maximum Gasteiger partial charge on any atom is 0.321 e. The van der Waals surface area contributed by atoms with Crippen molar-refractivity contribution < 1.29 is 14.4 Å². The average molecular weight is 379 g/mol. The van der Waals surface area contributed by atoms with Gasteiger partial charge in [0.25, 0.3) is 0 Å². The van der Waals surface area contributed by atoms with E-state index in [4.69, 9.17) is 11.6 Å². The lowest BCUT2D eigenvalue weighted by molar-refractivity contribution is -0.147. The van der Waals surface area contributed by atoms with Gasteiger partial charge in [0, 0.05) is 43.4 Å². The third kappa shape index (κ3) is 3.77. The summed E-state index contributed by atoms with van der Waals surface area (Å²) in [6, 6.07) is 6.72. The number of hydrogen-bond acceptors (Lipinski definition) is 3. The van der Waals surface area contributed by atoms with Crippen molar-refractivity contribution >= 4 is 35.1 Å². The van der Waals surface area contributed by atoms with Crippen molar-refractivity contribution in [2.24, 2.45) is 5.41 Å². The predicted molar refractivity (Wildman–Crippen MR) is 99.0 cm³/mol. The van der Waals surface area contributed by atoms with Crippen molar-refractivity contribution in [3.63, 3.8) is 0 Å². The SMILES string of the molecule is CC1(C(=O)N2CCCN(C(=O)Nc3ccc(Cl)cc3)CC2)CCNC1=O. The Balaban J connectivity index is 1.59. The lowest BCUT2D eigenvalue weighted by atomic mass is 9.87. The Kier molecular flexibility index (Phi) is 5.36. The number of halogens is 1. The van der Waals surface area contributed by atoms with Gasteiger partial charge in [0.2, 0.25) is 11.8 Å². The number of carbonyl (C=O) groups excluding carboxylic acids is 3. The van der Waals surface area contributed by atoms with Gasteiger partial charge in [-0.15, -0.1) is 0 Å². The van der Waals surface area contributed by atoms with Crippen molar-refractivity contribution in [2.45, 2.75) is 19.8 Å². The van der Waals surface area contributed by atoms with Crippen LogP contribution in [-0.2, 0) is 9.59 Å². The molecule has 2 aliphatic heterocycles. The molecule has 0 bridgehead atoms. The van der Waals surface area contributed by atoms with E-state index >= 15 is 0 Å². The first kappa shape index (κ1) is 18.5. The lowest BCUT2D eigenvalue weighted by Gasteiger charge is -2.29.